The number of hydrogen-bond donors (Lipinski definition) is 1. The van der Waals surface area contributed by atoms with Gasteiger partial charge in [-0.15, -0.1) is 0 Å². The number of nitrogens with two attached hydrogens (primary N) is 1. The second-order valence-electron chi connectivity index (χ2n) is 5.46. The van der Waals surface area contributed by atoms with E-state index in [0.717, 1.165) is 23.3 Å². The summed E-state index contributed by atoms with van der Waals surface area (Å²) in [7, 11) is 0. The van der Waals surface area contributed by atoms with Crippen LogP contribution in [0.3, 0.4) is 0 Å². The smallest absolute Gasteiger partial charge is 0.0565 e. The zero-order valence-corrected chi connectivity index (χ0v) is 10.4. The van der Waals surface area contributed by atoms with Crippen LogP contribution in [-0.2, 0) is 5.54 Å². The van der Waals surface area contributed by atoms with Gasteiger partial charge in [-0.05, 0) is 43.9 Å². The van der Waals surface area contributed by atoms with Crippen LogP contribution in [0.5, 0.6) is 0 Å². The minimum absolute atomic E-state index is 0.0784. The van der Waals surface area contributed by atoms with Gasteiger partial charge in [0.15, 0.2) is 0 Å². The summed E-state index contributed by atoms with van der Waals surface area (Å²) < 4.78 is 2.44. The van der Waals surface area contributed by atoms with E-state index in [1.54, 1.807) is 0 Å². The van der Waals surface area contributed by atoms with Crippen molar-refractivity contribution >= 4 is 22.5 Å². The van der Waals surface area contributed by atoms with E-state index in [1.807, 2.05) is 12.1 Å². The molecule has 0 unspecified atom stereocenters. The van der Waals surface area contributed by atoms with Crippen molar-refractivity contribution in [2.45, 2.75) is 37.3 Å². The first-order chi connectivity index (χ1) is 8.19. The molecule has 88 valence electrons. The summed E-state index contributed by atoms with van der Waals surface area (Å²) in [5, 5.41) is 2.00. The van der Waals surface area contributed by atoms with Crippen molar-refractivity contribution in [1.29, 1.82) is 0 Å². The maximum Gasteiger partial charge on any atom is 0.0565 e. The number of rotatable bonds is 2. The Morgan fingerprint density at radius 2 is 2.06 bits per heavy atom. The Labute approximate surface area is 105 Å². The second-order valence-corrected chi connectivity index (χ2v) is 5.87. The maximum absolute atomic E-state index is 6.38. The van der Waals surface area contributed by atoms with E-state index in [4.69, 9.17) is 17.3 Å². The van der Waals surface area contributed by atoms with Crippen LogP contribution < -0.4 is 5.73 Å². The van der Waals surface area contributed by atoms with E-state index in [0.29, 0.717) is 6.04 Å². The Hall–Kier alpha value is -0.990. The molecule has 0 amide bonds. The van der Waals surface area contributed by atoms with Gasteiger partial charge >= 0.3 is 0 Å². The van der Waals surface area contributed by atoms with Crippen LogP contribution in [0.15, 0.2) is 24.3 Å². The summed E-state index contributed by atoms with van der Waals surface area (Å²) in [5.41, 5.74) is 8.86. The predicted octanol–water partition coefficient (Wildman–Crippen LogP) is 3.58. The van der Waals surface area contributed by atoms with Crippen LogP contribution in [-0.4, -0.2) is 4.57 Å². The zero-order valence-electron chi connectivity index (χ0n) is 9.62. The van der Waals surface area contributed by atoms with Gasteiger partial charge in [0.2, 0.25) is 0 Å². The Morgan fingerprint density at radius 3 is 2.71 bits per heavy atom. The van der Waals surface area contributed by atoms with Crippen molar-refractivity contribution < 1.29 is 0 Å². The molecule has 4 rings (SSSR count). The van der Waals surface area contributed by atoms with Crippen LogP contribution in [0.2, 0.25) is 5.02 Å². The van der Waals surface area contributed by atoms with Crippen molar-refractivity contribution in [1.82, 2.24) is 4.57 Å². The highest BCUT2D eigenvalue weighted by atomic mass is 35.5. The lowest BCUT2D eigenvalue weighted by molar-refractivity contribution is 0.622. The first kappa shape index (κ1) is 9.98. The fourth-order valence-electron chi connectivity index (χ4n) is 2.72. The van der Waals surface area contributed by atoms with Crippen molar-refractivity contribution in [2.75, 3.05) is 0 Å². The standard InChI is InChI=1S/C14H15ClN2/c15-11-2-1-3-12-10(11)8-13(14(16)6-7-14)17(12)9-4-5-9/h1-3,8-9H,4-7,16H2. The Balaban J connectivity index is 2.05. The normalized spacial score (nSPS) is 22.0. The molecule has 2 aromatic rings. The third kappa shape index (κ3) is 1.37. The molecule has 0 radical (unpaired) electrons. The largest absolute Gasteiger partial charge is 0.340 e. The van der Waals surface area contributed by atoms with E-state index < -0.39 is 0 Å². The second kappa shape index (κ2) is 3.06. The van der Waals surface area contributed by atoms with Crippen molar-refractivity contribution in [3.8, 4) is 0 Å². The van der Waals surface area contributed by atoms with Crippen LogP contribution in [0, 0.1) is 0 Å². The molecule has 0 saturated heterocycles. The molecule has 2 saturated carbocycles. The first-order valence-electron chi connectivity index (χ1n) is 6.28. The highest BCUT2D eigenvalue weighted by Crippen LogP contribution is 2.49. The van der Waals surface area contributed by atoms with E-state index >= 15 is 0 Å². The van der Waals surface area contributed by atoms with Gasteiger partial charge in [0.1, 0.15) is 0 Å². The molecule has 3 heteroatoms. The molecular weight excluding hydrogens is 232 g/mol. The molecule has 0 bridgehead atoms. The summed E-state index contributed by atoms with van der Waals surface area (Å²) in [4.78, 5) is 0. The fourth-order valence-corrected chi connectivity index (χ4v) is 2.94. The van der Waals surface area contributed by atoms with Gasteiger partial charge in [-0.2, -0.15) is 0 Å². The first-order valence-corrected chi connectivity index (χ1v) is 6.66. The molecule has 17 heavy (non-hydrogen) atoms. The molecular formula is C14H15ClN2. The minimum Gasteiger partial charge on any atom is -0.340 e. The minimum atomic E-state index is -0.0784. The summed E-state index contributed by atoms with van der Waals surface area (Å²) in [6.45, 7) is 0. The summed E-state index contributed by atoms with van der Waals surface area (Å²) in [6.07, 6.45) is 4.76. The van der Waals surface area contributed by atoms with Crippen LogP contribution >= 0.6 is 11.6 Å². The summed E-state index contributed by atoms with van der Waals surface area (Å²) in [6, 6.07) is 9.02. The van der Waals surface area contributed by atoms with Crippen molar-refractivity contribution in [3.63, 3.8) is 0 Å². The van der Waals surface area contributed by atoms with E-state index in [-0.39, 0.29) is 5.54 Å². The molecule has 1 heterocycles. The predicted molar refractivity (Wildman–Crippen MR) is 70.3 cm³/mol. The monoisotopic (exact) mass is 246 g/mol. The summed E-state index contributed by atoms with van der Waals surface area (Å²) >= 11 is 6.28. The lowest BCUT2D eigenvalue weighted by Gasteiger charge is -2.14. The molecule has 2 N–H and O–H groups in total. The molecule has 2 aliphatic rings. The number of hydrogen-bond acceptors (Lipinski definition) is 1. The van der Waals surface area contributed by atoms with Crippen molar-refractivity contribution in [2.24, 2.45) is 5.73 Å². The number of halogens is 1. The topological polar surface area (TPSA) is 30.9 Å². The molecule has 1 aromatic heterocycles. The van der Waals surface area contributed by atoms with E-state index in [2.05, 4.69) is 16.7 Å². The van der Waals surface area contributed by atoms with Gasteiger partial charge in [-0.25, -0.2) is 0 Å². The number of fused-ring (bicyclic) bond motifs is 1. The highest BCUT2D eigenvalue weighted by molar-refractivity contribution is 6.35. The van der Waals surface area contributed by atoms with E-state index in [1.165, 1.54) is 24.1 Å². The highest BCUT2D eigenvalue weighted by Gasteiger charge is 2.44. The van der Waals surface area contributed by atoms with E-state index in [9.17, 15) is 0 Å². The molecule has 0 spiro atoms. The van der Waals surface area contributed by atoms with Gasteiger partial charge in [-0.3, -0.25) is 0 Å². The molecule has 2 fully saturated rings. The fraction of sp³-hybridized carbons (Fsp3) is 0.429. The molecule has 0 atom stereocenters. The molecule has 1 aromatic carbocycles. The average Bonchev–Trinajstić information content (AvgIpc) is 3.22. The maximum atomic E-state index is 6.38. The quantitative estimate of drug-likeness (QED) is 0.863. The number of nitrogens with zero attached hydrogens (tertiary/aromatic N) is 1. The Morgan fingerprint density at radius 1 is 1.29 bits per heavy atom. The van der Waals surface area contributed by atoms with Crippen LogP contribution in [0.4, 0.5) is 0 Å². The number of benzene rings is 1. The van der Waals surface area contributed by atoms with Gasteiger partial charge in [0.25, 0.3) is 0 Å². The summed E-state index contributed by atoms with van der Waals surface area (Å²) in [5.74, 6) is 0. The third-order valence-corrected chi connectivity index (χ3v) is 4.37. The Bertz CT molecular complexity index is 606. The SMILES string of the molecule is NC1(c2cc3c(Cl)cccc3n2C2CC2)CC1. The zero-order chi connectivity index (χ0) is 11.6. The lowest BCUT2D eigenvalue weighted by Crippen LogP contribution is -2.22. The third-order valence-electron chi connectivity index (χ3n) is 4.04. The molecule has 2 nitrogen and oxygen atoms in total. The van der Waals surface area contributed by atoms with Gasteiger partial charge in [0, 0.05) is 22.1 Å². The van der Waals surface area contributed by atoms with Crippen molar-refractivity contribution in [3.05, 3.63) is 35.0 Å². The van der Waals surface area contributed by atoms with Gasteiger partial charge in [0.05, 0.1) is 11.1 Å². The average molecular weight is 247 g/mol. The molecule has 0 aliphatic heterocycles. The van der Waals surface area contributed by atoms with Gasteiger partial charge < -0.3 is 10.3 Å². The molecule has 2 aliphatic carbocycles. The van der Waals surface area contributed by atoms with Crippen LogP contribution in [0.1, 0.15) is 37.4 Å². The van der Waals surface area contributed by atoms with Gasteiger partial charge in [-0.1, -0.05) is 17.7 Å². The van der Waals surface area contributed by atoms with Crippen LogP contribution in [0.25, 0.3) is 10.9 Å². The Kier molecular flexibility index (Phi) is 1.80. The lowest BCUT2D eigenvalue weighted by atomic mass is 10.2. The number of aromatic nitrogens is 1.